The number of amides is 2. The summed E-state index contributed by atoms with van der Waals surface area (Å²) in [4.78, 5) is 30.2. The highest BCUT2D eigenvalue weighted by Crippen LogP contribution is 2.30. The van der Waals surface area contributed by atoms with Gasteiger partial charge in [-0.2, -0.15) is 0 Å². The van der Waals surface area contributed by atoms with Gasteiger partial charge in [-0.1, -0.05) is 109 Å². The minimum Gasteiger partial charge on any atom is -0.352 e. The molecule has 9 heteroatoms. The number of rotatable bonds is 12. The molecular formula is C36H38ClN3O4S. The summed E-state index contributed by atoms with van der Waals surface area (Å²) >= 11 is 6.36. The van der Waals surface area contributed by atoms with Crippen molar-refractivity contribution in [2.45, 2.75) is 62.6 Å². The molecule has 0 radical (unpaired) electrons. The molecule has 1 saturated carbocycles. The molecule has 1 aliphatic carbocycles. The van der Waals surface area contributed by atoms with Gasteiger partial charge in [0, 0.05) is 24.0 Å². The summed E-state index contributed by atoms with van der Waals surface area (Å²) in [6, 6.07) is 31.2. The van der Waals surface area contributed by atoms with Crippen molar-refractivity contribution < 1.29 is 18.0 Å². The topological polar surface area (TPSA) is 86.8 Å². The molecule has 0 bridgehead atoms. The molecular weight excluding hydrogens is 606 g/mol. The molecule has 7 nitrogen and oxygen atoms in total. The van der Waals surface area contributed by atoms with Crippen LogP contribution < -0.4 is 9.62 Å². The summed E-state index contributed by atoms with van der Waals surface area (Å²) in [5.41, 5.74) is 2.67. The van der Waals surface area contributed by atoms with Crippen LogP contribution in [0.15, 0.2) is 114 Å². The van der Waals surface area contributed by atoms with E-state index >= 15 is 0 Å². The second-order valence-electron chi connectivity index (χ2n) is 11.5. The maximum Gasteiger partial charge on any atom is 0.264 e. The fourth-order valence-electron chi connectivity index (χ4n) is 5.79. The standard InChI is InChI=1S/C36H38ClN3O4S/c1-27-21-22-30(37)24-33(27)40(45(43,44)32-19-9-4-10-20-32)26-35(41)39(25-29-15-7-3-8-16-29)34(23-28-13-5-2-6-14-28)36(42)38-31-17-11-12-18-31/h2-10,13-16,19-22,24,31,34H,11-12,17-18,23,25-26H2,1H3,(H,38,42)/t34-/m0/s1. The Morgan fingerprint density at radius 1 is 0.844 bits per heavy atom. The van der Waals surface area contributed by atoms with Gasteiger partial charge in [0.05, 0.1) is 10.6 Å². The van der Waals surface area contributed by atoms with Crippen LogP contribution in [0.2, 0.25) is 5.02 Å². The maximum absolute atomic E-state index is 14.6. The molecule has 1 atom stereocenters. The first-order chi connectivity index (χ1) is 21.7. The summed E-state index contributed by atoms with van der Waals surface area (Å²) in [7, 11) is -4.19. The first kappa shape index (κ1) is 32.3. The van der Waals surface area contributed by atoms with Crippen LogP contribution in [0.4, 0.5) is 5.69 Å². The van der Waals surface area contributed by atoms with E-state index in [1.807, 2.05) is 60.7 Å². The minimum atomic E-state index is -4.19. The van der Waals surface area contributed by atoms with E-state index < -0.39 is 28.5 Å². The van der Waals surface area contributed by atoms with E-state index in [-0.39, 0.29) is 29.8 Å². The third kappa shape index (κ3) is 8.12. The molecule has 1 aliphatic rings. The van der Waals surface area contributed by atoms with Gasteiger partial charge >= 0.3 is 0 Å². The highest BCUT2D eigenvalue weighted by Gasteiger charge is 2.36. The van der Waals surface area contributed by atoms with Gasteiger partial charge < -0.3 is 10.2 Å². The smallest absolute Gasteiger partial charge is 0.264 e. The number of anilines is 1. The molecule has 5 rings (SSSR count). The quantitative estimate of drug-likeness (QED) is 0.190. The van der Waals surface area contributed by atoms with Gasteiger partial charge in [-0.05, 0) is 60.7 Å². The highest BCUT2D eigenvalue weighted by molar-refractivity contribution is 7.92. The number of aryl methyl sites for hydroxylation is 1. The number of hydrogen-bond donors (Lipinski definition) is 1. The van der Waals surface area contributed by atoms with Gasteiger partial charge in [-0.15, -0.1) is 0 Å². The molecule has 1 N–H and O–H groups in total. The second kappa shape index (κ2) is 14.8. The van der Waals surface area contributed by atoms with Gasteiger partial charge in [0.2, 0.25) is 11.8 Å². The summed E-state index contributed by atoms with van der Waals surface area (Å²) in [6.07, 6.45) is 4.17. The summed E-state index contributed by atoms with van der Waals surface area (Å²) in [6.45, 7) is 1.38. The molecule has 0 spiro atoms. The predicted molar refractivity (Wildman–Crippen MR) is 178 cm³/mol. The van der Waals surface area contributed by atoms with Gasteiger partial charge in [-0.25, -0.2) is 8.42 Å². The second-order valence-corrected chi connectivity index (χ2v) is 13.8. The number of hydrogen-bond acceptors (Lipinski definition) is 4. The monoisotopic (exact) mass is 643 g/mol. The molecule has 1 fully saturated rings. The van der Waals surface area contributed by atoms with E-state index in [4.69, 9.17) is 11.6 Å². The molecule has 4 aromatic rings. The number of halogens is 1. The van der Waals surface area contributed by atoms with Crippen molar-refractivity contribution in [3.8, 4) is 0 Å². The maximum atomic E-state index is 14.6. The minimum absolute atomic E-state index is 0.0478. The third-order valence-corrected chi connectivity index (χ3v) is 10.2. The Hall–Kier alpha value is -4.14. The number of sulfonamides is 1. The van der Waals surface area contributed by atoms with Crippen LogP contribution >= 0.6 is 11.6 Å². The fourth-order valence-corrected chi connectivity index (χ4v) is 7.44. The van der Waals surface area contributed by atoms with Crippen molar-refractivity contribution in [2.75, 3.05) is 10.8 Å². The Bertz CT molecular complexity index is 1700. The fraction of sp³-hybridized carbons (Fsp3) is 0.278. The molecule has 0 saturated heterocycles. The van der Waals surface area contributed by atoms with E-state index in [1.54, 1.807) is 43.3 Å². The van der Waals surface area contributed by atoms with Gasteiger partial charge in [0.25, 0.3) is 10.0 Å². The third-order valence-electron chi connectivity index (χ3n) is 8.22. The lowest BCUT2D eigenvalue weighted by Crippen LogP contribution is -2.54. The van der Waals surface area contributed by atoms with Crippen LogP contribution in [-0.4, -0.2) is 43.8 Å². The van der Waals surface area contributed by atoms with E-state index in [0.717, 1.165) is 41.1 Å². The van der Waals surface area contributed by atoms with Crippen LogP contribution in [0, 0.1) is 6.92 Å². The Kier molecular flexibility index (Phi) is 10.6. The average molecular weight is 644 g/mol. The van der Waals surface area contributed by atoms with Crippen LogP contribution in [0.3, 0.4) is 0 Å². The molecule has 234 valence electrons. The van der Waals surface area contributed by atoms with Crippen molar-refractivity contribution in [3.05, 3.63) is 131 Å². The van der Waals surface area contributed by atoms with Gasteiger partial charge in [-0.3, -0.25) is 13.9 Å². The Morgan fingerprint density at radius 3 is 2.04 bits per heavy atom. The highest BCUT2D eigenvalue weighted by atomic mass is 35.5. The van der Waals surface area contributed by atoms with E-state index in [9.17, 15) is 18.0 Å². The average Bonchev–Trinajstić information content (AvgIpc) is 3.57. The lowest BCUT2D eigenvalue weighted by atomic mass is 10.0. The lowest BCUT2D eigenvalue weighted by molar-refractivity contribution is -0.140. The first-order valence-electron chi connectivity index (χ1n) is 15.2. The number of benzene rings is 4. The molecule has 0 heterocycles. The van der Waals surface area contributed by atoms with Crippen LogP contribution in [0.1, 0.15) is 42.4 Å². The molecule has 0 aliphatic heterocycles. The van der Waals surface area contributed by atoms with Crippen molar-refractivity contribution >= 4 is 39.1 Å². The van der Waals surface area contributed by atoms with Gasteiger partial charge in [0.15, 0.2) is 0 Å². The largest absolute Gasteiger partial charge is 0.352 e. The van der Waals surface area contributed by atoms with Crippen LogP contribution in [0.5, 0.6) is 0 Å². The van der Waals surface area contributed by atoms with Crippen LogP contribution in [-0.2, 0) is 32.6 Å². The zero-order valence-corrected chi connectivity index (χ0v) is 26.9. The predicted octanol–water partition coefficient (Wildman–Crippen LogP) is 6.54. The van der Waals surface area contributed by atoms with E-state index in [2.05, 4.69) is 5.32 Å². The van der Waals surface area contributed by atoms with Gasteiger partial charge in [0.1, 0.15) is 12.6 Å². The zero-order valence-electron chi connectivity index (χ0n) is 25.3. The Labute approximate surface area is 270 Å². The molecule has 2 amide bonds. The zero-order chi connectivity index (χ0) is 31.8. The molecule has 0 unspecified atom stereocenters. The number of carbonyl (C=O) groups excluding carboxylic acids is 2. The molecule has 4 aromatic carbocycles. The van der Waals surface area contributed by atoms with Crippen molar-refractivity contribution in [2.24, 2.45) is 0 Å². The number of nitrogens with one attached hydrogen (secondary N) is 1. The Balaban J connectivity index is 1.57. The Morgan fingerprint density at radius 2 is 1.42 bits per heavy atom. The molecule has 0 aromatic heterocycles. The number of nitrogens with zero attached hydrogens (tertiary/aromatic N) is 2. The van der Waals surface area contributed by atoms with Crippen LogP contribution in [0.25, 0.3) is 0 Å². The summed E-state index contributed by atoms with van der Waals surface area (Å²) in [5, 5.41) is 3.54. The molecule has 45 heavy (non-hydrogen) atoms. The summed E-state index contributed by atoms with van der Waals surface area (Å²) in [5.74, 6) is -0.744. The van der Waals surface area contributed by atoms with E-state index in [1.165, 1.54) is 17.0 Å². The van der Waals surface area contributed by atoms with Crippen molar-refractivity contribution in [1.29, 1.82) is 0 Å². The lowest BCUT2D eigenvalue weighted by Gasteiger charge is -2.34. The number of carbonyl (C=O) groups is 2. The summed E-state index contributed by atoms with van der Waals surface area (Å²) < 4.78 is 29.5. The van der Waals surface area contributed by atoms with Crippen molar-refractivity contribution in [3.63, 3.8) is 0 Å². The normalized spacial score (nSPS) is 14.1. The van der Waals surface area contributed by atoms with E-state index in [0.29, 0.717) is 16.3 Å². The first-order valence-corrected chi connectivity index (χ1v) is 17.1. The SMILES string of the molecule is Cc1ccc(Cl)cc1N(CC(=O)N(Cc1ccccc1)[C@@H](Cc1ccccc1)C(=O)NC1CCCC1)S(=O)(=O)c1ccccc1. The van der Waals surface area contributed by atoms with Crippen molar-refractivity contribution in [1.82, 2.24) is 10.2 Å².